The molecule has 80 heavy (non-hydrogen) atoms. The summed E-state index contributed by atoms with van der Waals surface area (Å²) in [5.74, 6) is -1.32. The quantitative estimate of drug-likeness (QED) is 0.0640. The molecule has 1 N–H and O–H groups in total. The SMILES string of the molecule is O=Cc1ccc2c3c(Br)cc4c5c(ccc(c6c(Br)cc(C(=O)Nc7cc(-c8ccccc8)c(-c8ccccc8)c(-c8ccccc8)c7)c1c26)c53)C(=O)N(c1cc(-c2ccccc2)c(-c2ccccc2)c(-c2ccccc2)c1)C4=O. The Balaban J connectivity index is 0.938. The maximum atomic E-state index is 15.5. The van der Waals surface area contributed by atoms with Crippen LogP contribution >= 0.6 is 31.9 Å². The van der Waals surface area contributed by atoms with E-state index in [0.29, 0.717) is 64.1 Å². The molecule has 1 aliphatic rings. The molecular formula is C72H42Br2N2O4. The molecule has 0 atom stereocenters. The van der Waals surface area contributed by atoms with Gasteiger partial charge in [0, 0.05) is 63.6 Å². The minimum Gasteiger partial charge on any atom is -0.322 e. The number of nitrogens with one attached hydrogen (secondary N) is 1. The van der Waals surface area contributed by atoms with Crippen molar-refractivity contribution in [1.29, 1.82) is 0 Å². The van der Waals surface area contributed by atoms with Crippen LogP contribution in [0.2, 0.25) is 0 Å². The summed E-state index contributed by atoms with van der Waals surface area (Å²) in [5, 5.41) is 8.67. The van der Waals surface area contributed by atoms with E-state index in [9.17, 15) is 4.79 Å². The van der Waals surface area contributed by atoms with E-state index in [1.165, 1.54) is 4.90 Å². The standard InChI is InChI=1S/C72H42Br2N2O4/c73-60-39-58(70(78)75-49-35-54(42-19-7-1-8-20-42)62(46-27-15-5-16-28-46)55(36-49)43-21-9-2-10-22-43)64-48(41-77)31-32-51-67-61(74)40-59-65-53(34-33-52(69(65)67)66(60)68(51)64)71(79)76(72(59)80)50-37-56(44-23-11-3-12-24-44)63(47-29-17-6-18-30-47)57(38-50)45-25-13-4-14-26-45/h1-41H,(H,75,78). The van der Waals surface area contributed by atoms with E-state index < -0.39 is 17.7 Å². The molecule has 6 nitrogen and oxygen atoms in total. The molecule has 0 unspecified atom stereocenters. The van der Waals surface area contributed by atoms with Crippen LogP contribution in [0, 0.1) is 0 Å². The van der Waals surface area contributed by atoms with Crippen LogP contribution in [0.1, 0.15) is 41.4 Å². The highest BCUT2D eigenvalue weighted by atomic mass is 79.9. The molecular weight excluding hydrogens is 1120 g/mol. The topological polar surface area (TPSA) is 83.6 Å². The molecule has 0 bridgehead atoms. The number of nitrogens with zero attached hydrogens (tertiary/aromatic N) is 1. The first-order chi connectivity index (χ1) is 39.2. The van der Waals surface area contributed by atoms with Gasteiger partial charge in [-0.2, -0.15) is 0 Å². The van der Waals surface area contributed by atoms with Crippen LogP contribution in [-0.4, -0.2) is 24.0 Å². The molecule has 0 aromatic heterocycles. The lowest BCUT2D eigenvalue weighted by Crippen LogP contribution is -2.40. The van der Waals surface area contributed by atoms with Gasteiger partial charge in [-0.05, 0) is 120 Å². The minimum atomic E-state index is -0.460. The average molecular weight is 1160 g/mol. The predicted octanol–water partition coefficient (Wildman–Crippen LogP) is 19.1. The van der Waals surface area contributed by atoms with E-state index in [2.05, 4.69) is 85.7 Å². The largest absolute Gasteiger partial charge is 0.322 e. The Bertz CT molecular complexity index is 4510. The second-order valence-electron chi connectivity index (χ2n) is 20.0. The Labute approximate surface area is 477 Å². The first-order valence-electron chi connectivity index (χ1n) is 26.2. The van der Waals surface area contributed by atoms with E-state index in [1.54, 1.807) is 18.2 Å². The highest BCUT2D eigenvalue weighted by molar-refractivity contribution is 9.11. The first kappa shape index (κ1) is 48.7. The second kappa shape index (κ2) is 19.7. The predicted molar refractivity (Wildman–Crippen MR) is 333 cm³/mol. The number of halogens is 2. The minimum absolute atomic E-state index is 0.295. The van der Waals surface area contributed by atoms with Crippen molar-refractivity contribution in [1.82, 2.24) is 0 Å². The molecule has 0 fully saturated rings. The molecule has 8 heteroatoms. The van der Waals surface area contributed by atoms with Gasteiger partial charge in [0.05, 0.1) is 11.3 Å². The van der Waals surface area contributed by atoms with Gasteiger partial charge in [-0.15, -0.1) is 0 Å². The summed E-state index contributed by atoms with van der Waals surface area (Å²) in [6, 6.07) is 79.8. The highest BCUT2D eigenvalue weighted by Gasteiger charge is 2.38. The smallest absolute Gasteiger partial charge is 0.266 e. The van der Waals surface area contributed by atoms with Gasteiger partial charge in [0.2, 0.25) is 0 Å². The van der Waals surface area contributed by atoms with Crippen LogP contribution < -0.4 is 10.2 Å². The molecule has 378 valence electrons. The van der Waals surface area contributed by atoms with Gasteiger partial charge in [0.1, 0.15) is 0 Å². The van der Waals surface area contributed by atoms with Gasteiger partial charge in [-0.3, -0.25) is 19.2 Å². The molecule has 1 heterocycles. The summed E-state index contributed by atoms with van der Waals surface area (Å²) in [6.45, 7) is 0. The summed E-state index contributed by atoms with van der Waals surface area (Å²) in [6.07, 6.45) is 0.790. The number of fused-ring (bicyclic) bond motifs is 2. The molecule has 13 aromatic carbocycles. The normalized spacial score (nSPS) is 12.2. The monoisotopic (exact) mass is 1160 g/mol. The van der Waals surface area contributed by atoms with Crippen LogP contribution in [-0.2, 0) is 0 Å². The lowest BCUT2D eigenvalue weighted by atomic mass is 9.82. The highest BCUT2D eigenvalue weighted by Crippen LogP contribution is 2.52. The van der Waals surface area contributed by atoms with Crippen molar-refractivity contribution < 1.29 is 19.2 Å². The van der Waals surface area contributed by atoms with Crippen LogP contribution in [0.5, 0.6) is 0 Å². The zero-order valence-electron chi connectivity index (χ0n) is 42.5. The van der Waals surface area contributed by atoms with E-state index in [1.807, 2.05) is 176 Å². The number of carbonyl (C=O) groups is 4. The molecule has 0 radical (unpaired) electrons. The van der Waals surface area contributed by atoms with E-state index in [-0.39, 0.29) is 0 Å². The first-order valence-corrected chi connectivity index (χ1v) is 27.8. The van der Waals surface area contributed by atoms with Crippen molar-refractivity contribution >= 4 is 110 Å². The Morgan fingerprint density at radius 1 is 0.375 bits per heavy atom. The number of rotatable bonds is 10. The third-order valence-electron chi connectivity index (χ3n) is 15.5. The molecule has 0 saturated carbocycles. The number of imide groups is 1. The molecule has 13 aromatic rings. The second-order valence-corrected chi connectivity index (χ2v) is 21.7. The van der Waals surface area contributed by atoms with Crippen molar-refractivity contribution in [3.63, 3.8) is 0 Å². The van der Waals surface area contributed by atoms with Crippen molar-refractivity contribution in [3.05, 3.63) is 274 Å². The van der Waals surface area contributed by atoms with Gasteiger partial charge < -0.3 is 5.32 Å². The third kappa shape index (κ3) is 7.89. The fourth-order valence-corrected chi connectivity index (χ4v) is 13.4. The molecule has 0 saturated heterocycles. The summed E-state index contributed by atoms with van der Waals surface area (Å²) in [7, 11) is 0. The molecule has 3 amide bonds. The number of hydrogen-bond donors (Lipinski definition) is 1. The van der Waals surface area contributed by atoms with Gasteiger partial charge in [0.15, 0.2) is 6.29 Å². The molecule has 14 rings (SSSR count). The van der Waals surface area contributed by atoms with Crippen molar-refractivity contribution in [2.75, 3.05) is 10.2 Å². The Morgan fingerprint density at radius 2 is 0.762 bits per heavy atom. The Morgan fingerprint density at radius 3 is 1.21 bits per heavy atom. The maximum Gasteiger partial charge on any atom is 0.266 e. The number of carbonyl (C=O) groups excluding carboxylic acids is 4. The number of aldehydes is 1. The summed E-state index contributed by atoms with van der Waals surface area (Å²) in [5.41, 5.74) is 13.9. The maximum absolute atomic E-state index is 15.5. The lowest BCUT2D eigenvalue weighted by Gasteiger charge is -2.30. The fraction of sp³-hybridized carbons (Fsp3) is 0. The number of hydrogen-bond acceptors (Lipinski definition) is 4. The van der Waals surface area contributed by atoms with Crippen LogP contribution in [0.3, 0.4) is 0 Å². The van der Waals surface area contributed by atoms with Gasteiger partial charge >= 0.3 is 0 Å². The zero-order chi connectivity index (χ0) is 54.2. The van der Waals surface area contributed by atoms with E-state index >= 15 is 14.4 Å². The van der Waals surface area contributed by atoms with Gasteiger partial charge in [0.25, 0.3) is 17.7 Å². The Kier molecular flexibility index (Phi) is 12.0. The van der Waals surface area contributed by atoms with Gasteiger partial charge in [-0.25, -0.2) is 4.90 Å². The zero-order valence-corrected chi connectivity index (χ0v) is 45.7. The van der Waals surface area contributed by atoms with Gasteiger partial charge in [-0.1, -0.05) is 232 Å². The van der Waals surface area contributed by atoms with E-state index in [0.717, 1.165) is 94.6 Å². The number of anilines is 2. The number of benzene rings is 13. The number of amides is 3. The summed E-state index contributed by atoms with van der Waals surface area (Å²) < 4.78 is 1.22. The van der Waals surface area contributed by atoms with Crippen molar-refractivity contribution in [2.45, 2.75) is 0 Å². The lowest BCUT2D eigenvalue weighted by molar-refractivity contribution is 0.0892. The van der Waals surface area contributed by atoms with Crippen molar-refractivity contribution in [3.8, 4) is 66.8 Å². The molecule has 1 aliphatic heterocycles. The summed E-state index contributed by atoms with van der Waals surface area (Å²) in [4.78, 5) is 60.7. The summed E-state index contributed by atoms with van der Waals surface area (Å²) >= 11 is 7.88. The third-order valence-corrected chi connectivity index (χ3v) is 16.8. The fourth-order valence-electron chi connectivity index (χ4n) is 12.1. The van der Waals surface area contributed by atoms with E-state index in [4.69, 9.17) is 0 Å². The van der Waals surface area contributed by atoms with Crippen molar-refractivity contribution in [2.24, 2.45) is 0 Å². The molecule has 0 aliphatic carbocycles. The Hall–Kier alpha value is -9.60. The van der Waals surface area contributed by atoms with Crippen LogP contribution in [0.4, 0.5) is 11.4 Å². The average Bonchev–Trinajstić information content (AvgIpc) is 3.67. The molecule has 0 spiro atoms. The van der Waals surface area contributed by atoms with Crippen LogP contribution in [0.15, 0.2) is 252 Å². The van der Waals surface area contributed by atoms with Crippen LogP contribution in [0.25, 0.3) is 110 Å².